The Bertz CT molecular complexity index is 2960. The van der Waals surface area contributed by atoms with Crippen molar-refractivity contribution >= 4 is 74.7 Å². The van der Waals surface area contributed by atoms with Crippen LogP contribution in [0.1, 0.15) is 63.5 Å². The molecule has 0 spiro atoms. The Morgan fingerprint density at radius 2 is 1.75 bits per heavy atom. The van der Waals surface area contributed by atoms with Crippen LogP contribution in [0.3, 0.4) is 0 Å². The number of anilines is 2. The molecule has 0 aliphatic carbocycles. The molecule has 2 aliphatic heterocycles. The molecule has 0 radical (unpaired) electrons. The molecule has 336 valence electrons. The highest BCUT2D eigenvalue weighted by atomic mass is 35.5. The molecule has 0 unspecified atom stereocenters. The highest BCUT2D eigenvalue weighted by molar-refractivity contribution is 6.35. The summed E-state index contributed by atoms with van der Waals surface area (Å²) >= 11 is 13.7. The van der Waals surface area contributed by atoms with Gasteiger partial charge in [0.25, 0.3) is 5.91 Å². The number of ether oxygens (including phenoxy) is 2. The summed E-state index contributed by atoms with van der Waals surface area (Å²) in [6.45, 7) is 15.8. The van der Waals surface area contributed by atoms with Crippen molar-refractivity contribution < 1.29 is 14.3 Å². The zero-order chi connectivity index (χ0) is 45.5. The number of rotatable bonds is 13. The summed E-state index contributed by atoms with van der Waals surface area (Å²) in [6.07, 6.45) is 8.04. The fourth-order valence-corrected chi connectivity index (χ4v) is 9.80. The summed E-state index contributed by atoms with van der Waals surface area (Å²) < 4.78 is 18.3. The van der Waals surface area contributed by atoms with Crippen LogP contribution in [0.15, 0.2) is 72.1 Å². The van der Waals surface area contributed by atoms with E-state index in [1.165, 1.54) is 6.34 Å². The predicted octanol–water partition coefficient (Wildman–Crippen LogP) is 9.36. The Kier molecular flexibility index (Phi) is 12.5. The van der Waals surface area contributed by atoms with Crippen LogP contribution in [0.5, 0.6) is 5.75 Å². The number of benzene rings is 3. The number of nitrogens with zero attached hydrogens (tertiary/aromatic N) is 9. The first kappa shape index (κ1) is 44.2. The topological polar surface area (TPSA) is 144 Å². The number of nitrogens with one attached hydrogen (secondary N) is 2. The summed E-state index contributed by atoms with van der Waals surface area (Å²) in [4.78, 5) is 32.7. The van der Waals surface area contributed by atoms with Crippen LogP contribution in [0, 0.1) is 33.1 Å². The van der Waals surface area contributed by atoms with Crippen molar-refractivity contribution in [3.63, 3.8) is 0 Å². The molecule has 1 atom stereocenters. The first-order valence-corrected chi connectivity index (χ1v) is 22.8. The number of aryl methyl sites for hydroxylation is 5. The number of hydrogen-bond acceptors (Lipinski definition) is 8. The highest BCUT2D eigenvalue weighted by Crippen LogP contribution is 2.46. The Morgan fingerprint density at radius 1 is 1.00 bits per heavy atom. The molecule has 3 aromatic carbocycles. The molecule has 2 N–H and O–H groups in total. The number of carbonyl (C=O) groups is 1. The molecule has 9 rings (SSSR count). The van der Waals surface area contributed by atoms with Crippen LogP contribution in [-0.4, -0.2) is 97.9 Å². The minimum absolute atomic E-state index is 0.0552. The van der Waals surface area contributed by atoms with E-state index in [0.717, 1.165) is 97.1 Å². The standard InChI is InChI=1S/C49H53Cl2N11O3/c1-29-23-35(24-30(2)44(29)51)65-20-7-9-36-37-11-12-39(50)43(42-32(4)57-58(6)33(42)5)45(37)62-31(3)26-61(48(63)46(36)62)41-27-60(17-16-59-18-21-64-22-19-59)40-13-10-34(25-38(40)41)47(52)55-28-56-49-53-14-8-15-54-49/h8,10-15,23-25,27-28,31H,7,9,16-22,26H2,1-6H3,(H2,52,53,54,55,56)/t31-/m1/s1. The number of morpholine rings is 1. The van der Waals surface area contributed by atoms with Crippen molar-refractivity contribution in [2.24, 2.45) is 12.0 Å². The Labute approximate surface area is 388 Å². The van der Waals surface area contributed by atoms with Gasteiger partial charge in [0.05, 0.1) is 53.6 Å². The number of aromatic nitrogens is 6. The second-order valence-corrected chi connectivity index (χ2v) is 17.8. The average Bonchev–Trinajstić information content (AvgIpc) is 3.92. The van der Waals surface area contributed by atoms with Gasteiger partial charge >= 0.3 is 0 Å². The molecule has 14 nitrogen and oxygen atoms in total. The molecule has 2 aliphatic rings. The molecule has 4 aromatic heterocycles. The first-order valence-electron chi connectivity index (χ1n) is 22.0. The van der Waals surface area contributed by atoms with Crippen molar-refractivity contribution in [3.05, 3.63) is 117 Å². The summed E-state index contributed by atoms with van der Waals surface area (Å²) in [6, 6.07) is 15.5. The fraction of sp³-hybridized carbons (Fsp3) is 0.347. The molecular formula is C49H53Cl2N11O3. The van der Waals surface area contributed by atoms with Gasteiger partial charge < -0.3 is 28.8 Å². The van der Waals surface area contributed by atoms with Crippen molar-refractivity contribution in [2.75, 3.05) is 56.2 Å². The quantitative estimate of drug-likeness (QED) is 0.0662. The summed E-state index contributed by atoms with van der Waals surface area (Å²) in [7, 11) is 1.94. The predicted molar refractivity (Wildman–Crippen MR) is 260 cm³/mol. The van der Waals surface area contributed by atoms with Crippen molar-refractivity contribution in [1.82, 2.24) is 33.8 Å². The average molecular weight is 915 g/mol. The van der Waals surface area contributed by atoms with Gasteiger partial charge in [-0.25, -0.2) is 15.0 Å². The van der Waals surface area contributed by atoms with Gasteiger partial charge in [0, 0.05) is 103 Å². The number of hydrogen-bond donors (Lipinski definition) is 2. The lowest BCUT2D eigenvalue weighted by atomic mass is 9.98. The minimum atomic E-state index is -0.145. The van der Waals surface area contributed by atoms with Crippen LogP contribution in [0.25, 0.3) is 32.9 Å². The zero-order valence-corrected chi connectivity index (χ0v) is 39.1. The zero-order valence-electron chi connectivity index (χ0n) is 37.6. The maximum atomic E-state index is 15.6. The monoisotopic (exact) mass is 913 g/mol. The lowest BCUT2D eigenvalue weighted by Gasteiger charge is -2.34. The maximum absolute atomic E-state index is 15.6. The van der Waals surface area contributed by atoms with E-state index in [-0.39, 0.29) is 17.8 Å². The van der Waals surface area contributed by atoms with E-state index in [4.69, 9.17) is 43.2 Å². The van der Waals surface area contributed by atoms with E-state index in [9.17, 15) is 0 Å². The molecule has 1 saturated heterocycles. The molecule has 1 amide bonds. The lowest BCUT2D eigenvalue weighted by molar-refractivity contribution is 0.0365. The van der Waals surface area contributed by atoms with Gasteiger partial charge in [-0.3, -0.25) is 19.8 Å². The van der Waals surface area contributed by atoms with E-state index in [0.29, 0.717) is 68.0 Å². The molecule has 0 saturated carbocycles. The molecule has 7 aromatic rings. The third-order valence-corrected chi connectivity index (χ3v) is 13.6. The summed E-state index contributed by atoms with van der Waals surface area (Å²) in [5, 5.41) is 19.9. The second-order valence-electron chi connectivity index (χ2n) is 17.0. The van der Waals surface area contributed by atoms with Crippen LogP contribution in [-0.2, 0) is 24.8 Å². The van der Waals surface area contributed by atoms with E-state index < -0.39 is 0 Å². The first-order chi connectivity index (χ1) is 31.4. The molecule has 65 heavy (non-hydrogen) atoms. The Balaban J connectivity index is 1.13. The third kappa shape index (κ3) is 8.51. The molecule has 1 fully saturated rings. The Hall–Kier alpha value is -6.06. The lowest BCUT2D eigenvalue weighted by Crippen LogP contribution is -2.42. The Morgan fingerprint density at radius 3 is 2.48 bits per heavy atom. The third-order valence-electron chi connectivity index (χ3n) is 12.7. The number of fused-ring (bicyclic) bond motifs is 4. The van der Waals surface area contributed by atoms with Crippen LogP contribution in [0.2, 0.25) is 10.0 Å². The SMILES string of the molecule is Cc1cc(OCCCc2c3n(c4c(-c5c(C)nn(C)c5C)c(Cl)ccc24)[C@H](C)CN(c2cn(CCN4CCOCC4)c4ccc(C(=N)N=CNc5ncccn5)cc24)C3=O)cc(C)c1Cl. The normalized spacial score (nSPS) is 15.7. The van der Waals surface area contributed by atoms with Gasteiger partial charge in [0.1, 0.15) is 11.4 Å². The van der Waals surface area contributed by atoms with E-state index in [1.807, 2.05) is 73.8 Å². The van der Waals surface area contributed by atoms with Gasteiger partial charge in [-0.05, 0) is 107 Å². The van der Waals surface area contributed by atoms with Crippen LogP contribution in [0.4, 0.5) is 11.6 Å². The maximum Gasteiger partial charge on any atom is 0.275 e. The van der Waals surface area contributed by atoms with Crippen LogP contribution < -0.4 is 15.0 Å². The minimum Gasteiger partial charge on any atom is -0.494 e. The van der Waals surface area contributed by atoms with E-state index in [2.05, 4.69) is 60.4 Å². The summed E-state index contributed by atoms with van der Waals surface area (Å²) in [5.74, 6) is 1.11. The van der Waals surface area contributed by atoms with Crippen molar-refractivity contribution in [1.29, 1.82) is 5.41 Å². The van der Waals surface area contributed by atoms with Gasteiger partial charge in [0.15, 0.2) is 5.84 Å². The van der Waals surface area contributed by atoms with Crippen molar-refractivity contribution in [2.45, 2.75) is 60.0 Å². The second kappa shape index (κ2) is 18.4. The van der Waals surface area contributed by atoms with Gasteiger partial charge in [-0.15, -0.1) is 0 Å². The molecule has 0 bridgehead atoms. The largest absolute Gasteiger partial charge is 0.494 e. The van der Waals surface area contributed by atoms with E-state index >= 15 is 4.79 Å². The van der Waals surface area contributed by atoms with Crippen molar-refractivity contribution in [3.8, 4) is 16.9 Å². The number of halogens is 2. The number of amides is 1. The highest BCUT2D eigenvalue weighted by Gasteiger charge is 2.38. The van der Waals surface area contributed by atoms with Gasteiger partial charge in [-0.2, -0.15) is 5.10 Å². The fourth-order valence-electron chi connectivity index (χ4n) is 9.44. The smallest absolute Gasteiger partial charge is 0.275 e. The number of carbonyl (C=O) groups excluding carboxylic acids is 1. The van der Waals surface area contributed by atoms with E-state index in [1.54, 1.807) is 18.5 Å². The van der Waals surface area contributed by atoms with Gasteiger partial charge in [-0.1, -0.05) is 29.3 Å². The molecular weight excluding hydrogens is 862 g/mol. The number of amidine groups is 1. The molecule has 16 heteroatoms. The van der Waals surface area contributed by atoms with Gasteiger partial charge in [0.2, 0.25) is 5.95 Å². The molecule has 6 heterocycles. The summed E-state index contributed by atoms with van der Waals surface area (Å²) in [5.41, 5.74) is 10.5. The number of aliphatic imine (C=N–C) groups is 1. The van der Waals surface area contributed by atoms with Crippen LogP contribution >= 0.6 is 23.2 Å².